The van der Waals surface area contributed by atoms with Crippen molar-refractivity contribution in [3.63, 3.8) is 0 Å². The zero-order valence-corrected chi connectivity index (χ0v) is 18.7. The van der Waals surface area contributed by atoms with Crippen LogP contribution in [0.1, 0.15) is 49.4 Å². The zero-order valence-electron chi connectivity index (χ0n) is 17.9. The number of hydrogen-bond donors (Lipinski definition) is 0. The van der Waals surface area contributed by atoms with E-state index in [1.807, 2.05) is 23.1 Å². The maximum atomic E-state index is 13.7. The van der Waals surface area contributed by atoms with Gasteiger partial charge in [0.25, 0.3) is 0 Å². The predicted octanol–water partition coefficient (Wildman–Crippen LogP) is 2.85. The molecule has 166 valence electrons. The molecular formula is C24H31N3O3S. The van der Waals surface area contributed by atoms with E-state index < -0.39 is 9.84 Å². The van der Waals surface area contributed by atoms with Crippen molar-refractivity contribution in [2.45, 2.75) is 56.8 Å². The quantitative estimate of drug-likeness (QED) is 0.716. The highest BCUT2D eigenvalue weighted by atomic mass is 32.2. The molecule has 0 N–H and O–H groups in total. The lowest BCUT2D eigenvalue weighted by molar-refractivity contribution is -0.137. The second-order valence-corrected chi connectivity index (χ2v) is 11.4. The van der Waals surface area contributed by atoms with Crippen LogP contribution in [0.5, 0.6) is 0 Å². The van der Waals surface area contributed by atoms with Crippen LogP contribution < -0.4 is 0 Å². The van der Waals surface area contributed by atoms with Gasteiger partial charge in [0.1, 0.15) is 0 Å². The Balaban J connectivity index is 1.41. The van der Waals surface area contributed by atoms with Gasteiger partial charge in [0.05, 0.1) is 24.1 Å². The summed E-state index contributed by atoms with van der Waals surface area (Å²) < 4.78 is 26.6. The van der Waals surface area contributed by atoms with Gasteiger partial charge < -0.3 is 9.47 Å². The van der Waals surface area contributed by atoms with Gasteiger partial charge in [-0.15, -0.1) is 0 Å². The van der Waals surface area contributed by atoms with Gasteiger partial charge in [-0.3, -0.25) is 9.69 Å². The number of fused-ring (bicyclic) bond motifs is 1. The Morgan fingerprint density at radius 3 is 2.45 bits per heavy atom. The molecule has 5 rings (SSSR count). The molecule has 6 nitrogen and oxygen atoms in total. The molecule has 31 heavy (non-hydrogen) atoms. The highest BCUT2D eigenvalue weighted by Crippen LogP contribution is 2.34. The van der Waals surface area contributed by atoms with Crippen molar-refractivity contribution in [2.24, 2.45) is 0 Å². The Morgan fingerprint density at radius 1 is 0.968 bits per heavy atom. The molecule has 0 bridgehead atoms. The molecule has 1 saturated heterocycles. The van der Waals surface area contributed by atoms with E-state index in [-0.39, 0.29) is 35.5 Å². The number of aromatic nitrogens is 1. The number of carbonyl (C=O) groups excluding carboxylic acids is 1. The summed E-state index contributed by atoms with van der Waals surface area (Å²) >= 11 is 0. The van der Waals surface area contributed by atoms with E-state index in [0.29, 0.717) is 13.0 Å². The Hall–Kier alpha value is -2.12. The standard InChI is InChI=1S/C24H31N3O3S/c28-23(27(20-9-4-5-10-20)21-12-16-31(29,30)18-21)17-26-15-14-25-13-6-11-22(25)24(26)19-7-2-1-3-8-19/h1-3,6-8,11,13,20-21,24H,4-5,9-10,12,14-18H2/t21-,24+/m0/s1. The number of nitrogens with zero attached hydrogens (tertiary/aromatic N) is 3. The van der Waals surface area contributed by atoms with Gasteiger partial charge in [-0.1, -0.05) is 43.2 Å². The number of sulfone groups is 1. The first kappa shape index (κ1) is 20.8. The minimum atomic E-state index is -3.03. The highest BCUT2D eigenvalue weighted by Gasteiger charge is 2.40. The van der Waals surface area contributed by atoms with E-state index in [0.717, 1.165) is 38.8 Å². The lowest BCUT2D eigenvalue weighted by atomic mass is 9.99. The van der Waals surface area contributed by atoms with Gasteiger partial charge in [-0.25, -0.2) is 8.42 Å². The smallest absolute Gasteiger partial charge is 0.237 e. The fourth-order valence-electron chi connectivity index (χ4n) is 5.76. The SMILES string of the molecule is O=C(CN1CCn2cccc2[C@H]1c1ccccc1)N(C1CCCC1)[C@H]1CCS(=O)(=O)C1. The molecule has 2 atom stereocenters. The Labute approximate surface area is 184 Å². The van der Waals surface area contributed by atoms with Crippen molar-refractivity contribution in [1.29, 1.82) is 0 Å². The van der Waals surface area contributed by atoms with Crippen LogP contribution in [0.2, 0.25) is 0 Å². The van der Waals surface area contributed by atoms with Crippen LogP contribution in [0.4, 0.5) is 0 Å². The molecule has 3 heterocycles. The minimum Gasteiger partial charge on any atom is -0.348 e. The van der Waals surface area contributed by atoms with Crippen LogP contribution in [-0.2, 0) is 21.2 Å². The van der Waals surface area contributed by atoms with E-state index in [1.165, 1.54) is 11.3 Å². The van der Waals surface area contributed by atoms with Crippen LogP contribution in [0.3, 0.4) is 0 Å². The van der Waals surface area contributed by atoms with Crippen LogP contribution in [0.25, 0.3) is 0 Å². The molecule has 1 aromatic heterocycles. The van der Waals surface area contributed by atoms with Crippen LogP contribution in [-0.4, -0.2) is 65.4 Å². The van der Waals surface area contributed by atoms with Gasteiger partial charge in [0.2, 0.25) is 5.91 Å². The average molecular weight is 442 g/mol. The van der Waals surface area contributed by atoms with Crippen molar-refractivity contribution in [3.8, 4) is 0 Å². The van der Waals surface area contributed by atoms with Gasteiger partial charge in [-0.05, 0) is 37.0 Å². The molecular weight excluding hydrogens is 410 g/mol. The first-order valence-electron chi connectivity index (χ1n) is 11.5. The molecule has 0 radical (unpaired) electrons. The fraction of sp³-hybridized carbons (Fsp3) is 0.542. The summed E-state index contributed by atoms with van der Waals surface area (Å²) in [5.41, 5.74) is 2.40. The summed E-state index contributed by atoms with van der Waals surface area (Å²) in [6.45, 7) is 1.99. The summed E-state index contributed by atoms with van der Waals surface area (Å²) in [5, 5.41) is 0. The van der Waals surface area contributed by atoms with Crippen molar-refractivity contribution in [3.05, 3.63) is 59.9 Å². The summed E-state index contributed by atoms with van der Waals surface area (Å²) in [7, 11) is -3.03. The van der Waals surface area contributed by atoms with E-state index in [4.69, 9.17) is 0 Å². The Bertz CT molecular complexity index is 1030. The van der Waals surface area contributed by atoms with E-state index in [2.05, 4.69) is 39.9 Å². The number of rotatable bonds is 5. The molecule has 2 fully saturated rings. The molecule has 1 amide bonds. The third kappa shape index (κ3) is 4.17. The third-order valence-electron chi connectivity index (χ3n) is 7.20. The second kappa shape index (κ2) is 8.43. The molecule has 3 aliphatic rings. The van der Waals surface area contributed by atoms with Crippen LogP contribution >= 0.6 is 0 Å². The van der Waals surface area contributed by atoms with Crippen molar-refractivity contribution in [2.75, 3.05) is 24.6 Å². The summed E-state index contributed by atoms with van der Waals surface area (Å²) in [6.07, 6.45) is 6.92. The normalized spacial score (nSPS) is 26.1. The molecule has 1 aromatic carbocycles. The molecule has 7 heteroatoms. The second-order valence-electron chi connectivity index (χ2n) is 9.21. The van der Waals surface area contributed by atoms with Crippen LogP contribution in [0, 0.1) is 0 Å². The predicted molar refractivity (Wildman–Crippen MR) is 120 cm³/mol. The number of amides is 1. The van der Waals surface area contributed by atoms with Gasteiger partial charge in [0.15, 0.2) is 9.84 Å². The van der Waals surface area contributed by atoms with Gasteiger partial charge in [-0.2, -0.15) is 0 Å². The molecule has 2 aliphatic heterocycles. The van der Waals surface area contributed by atoms with Gasteiger partial charge in [0, 0.05) is 37.1 Å². The first-order chi connectivity index (χ1) is 15.0. The van der Waals surface area contributed by atoms with E-state index in [1.54, 1.807) is 0 Å². The number of carbonyl (C=O) groups is 1. The van der Waals surface area contributed by atoms with E-state index in [9.17, 15) is 13.2 Å². The summed E-state index contributed by atoms with van der Waals surface area (Å²) in [6, 6.07) is 14.6. The topological polar surface area (TPSA) is 62.6 Å². The lowest BCUT2D eigenvalue weighted by Crippen LogP contribution is -2.52. The first-order valence-corrected chi connectivity index (χ1v) is 13.3. The third-order valence-corrected chi connectivity index (χ3v) is 8.95. The lowest BCUT2D eigenvalue weighted by Gasteiger charge is -2.40. The fourth-order valence-corrected chi connectivity index (χ4v) is 7.47. The molecule has 2 aromatic rings. The molecule has 1 aliphatic carbocycles. The molecule has 1 saturated carbocycles. The minimum absolute atomic E-state index is 0.0339. The summed E-state index contributed by atoms with van der Waals surface area (Å²) in [4.78, 5) is 18.0. The Kier molecular flexibility index (Phi) is 5.65. The number of hydrogen-bond acceptors (Lipinski definition) is 4. The molecule has 0 unspecified atom stereocenters. The van der Waals surface area contributed by atoms with Gasteiger partial charge >= 0.3 is 0 Å². The maximum absolute atomic E-state index is 13.7. The zero-order chi connectivity index (χ0) is 21.4. The monoisotopic (exact) mass is 441 g/mol. The maximum Gasteiger partial charge on any atom is 0.237 e. The highest BCUT2D eigenvalue weighted by molar-refractivity contribution is 7.91. The summed E-state index contributed by atoms with van der Waals surface area (Å²) in [5.74, 6) is 0.424. The van der Waals surface area contributed by atoms with Crippen molar-refractivity contribution >= 4 is 15.7 Å². The van der Waals surface area contributed by atoms with Crippen LogP contribution in [0.15, 0.2) is 48.7 Å². The number of benzene rings is 1. The Morgan fingerprint density at radius 2 is 1.74 bits per heavy atom. The average Bonchev–Trinajstić information content (AvgIpc) is 3.50. The molecule has 0 spiro atoms. The van der Waals surface area contributed by atoms with Crippen molar-refractivity contribution < 1.29 is 13.2 Å². The van der Waals surface area contributed by atoms with Crippen molar-refractivity contribution in [1.82, 2.24) is 14.4 Å². The van der Waals surface area contributed by atoms with E-state index >= 15 is 0 Å². The largest absolute Gasteiger partial charge is 0.348 e.